The number of nitrogens with one attached hydrogen (secondary N) is 2. The fraction of sp³-hybridized carbons (Fsp3) is 0.278. The fourth-order valence-corrected chi connectivity index (χ4v) is 2.45. The molecule has 0 aliphatic heterocycles. The van der Waals surface area contributed by atoms with Crippen LogP contribution < -0.4 is 15.4 Å². The second kappa shape index (κ2) is 7.63. The molecule has 0 aliphatic rings. The molecule has 0 atom stereocenters. The van der Waals surface area contributed by atoms with Crippen LogP contribution in [0.5, 0.6) is 5.75 Å². The molecule has 0 aliphatic carbocycles. The van der Waals surface area contributed by atoms with E-state index in [0.29, 0.717) is 18.8 Å². The molecule has 0 spiro atoms. The van der Waals surface area contributed by atoms with E-state index in [2.05, 4.69) is 22.8 Å². The number of aryl methyl sites for hydroxylation is 3. The van der Waals surface area contributed by atoms with Crippen molar-refractivity contribution in [1.29, 1.82) is 0 Å². The van der Waals surface area contributed by atoms with E-state index in [1.807, 2.05) is 20.8 Å². The number of carbonyl (C=O) groups excluding carboxylic acids is 1. The highest BCUT2D eigenvalue weighted by atomic mass is 19.1. The smallest absolute Gasteiger partial charge is 0.319 e. The van der Waals surface area contributed by atoms with E-state index >= 15 is 0 Å². The zero-order chi connectivity index (χ0) is 16.8. The van der Waals surface area contributed by atoms with Crippen LogP contribution in [-0.4, -0.2) is 19.2 Å². The molecule has 0 heterocycles. The summed E-state index contributed by atoms with van der Waals surface area (Å²) in [5.41, 5.74) is 3.76. The number of ether oxygens (including phenoxy) is 1. The maximum Gasteiger partial charge on any atom is 0.319 e. The van der Waals surface area contributed by atoms with Crippen molar-refractivity contribution in [3.63, 3.8) is 0 Å². The number of urea groups is 1. The van der Waals surface area contributed by atoms with Crippen molar-refractivity contribution in [2.24, 2.45) is 0 Å². The van der Waals surface area contributed by atoms with Gasteiger partial charge in [0.25, 0.3) is 0 Å². The van der Waals surface area contributed by atoms with Gasteiger partial charge < -0.3 is 15.4 Å². The summed E-state index contributed by atoms with van der Waals surface area (Å²) in [7, 11) is 0. The summed E-state index contributed by atoms with van der Waals surface area (Å²) in [6.07, 6.45) is 0. The van der Waals surface area contributed by atoms with Crippen LogP contribution >= 0.6 is 0 Å². The van der Waals surface area contributed by atoms with E-state index in [-0.39, 0.29) is 0 Å². The minimum Gasteiger partial charge on any atom is -0.491 e. The van der Waals surface area contributed by atoms with Gasteiger partial charge in [0, 0.05) is 5.69 Å². The predicted molar refractivity (Wildman–Crippen MR) is 89.6 cm³/mol. The van der Waals surface area contributed by atoms with E-state index in [0.717, 1.165) is 16.9 Å². The zero-order valence-corrected chi connectivity index (χ0v) is 13.6. The first-order valence-electron chi connectivity index (χ1n) is 7.47. The Bertz CT molecular complexity index is 678. The molecule has 23 heavy (non-hydrogen) atoms. The van der Waals surface area contributed by atoms with Gasteiger partial charge in [-0.05, 0) is 50.1 Å². The summed E-state index contributed by atoms with van der Waals surface area (Å²) in [5, 5.41) is 5.24. The van der Waals surface area contributed by atoms with Gasteiger partial charge in [0.1, 0.15) is 18.2 Å². The Balaban J connectivity index is 1.78. The van der Waals surface area contributed by atoms with E-state index < -0.39 is 11.8 Å². The van der Waals surface area contributed by atoms with Crippen LogP contribution in [0.1, 0.15) is 16.7 Å². The SMILES string of the molecule is Cc1cc(C)c(OCCNC(=O)Nc2cccc(F)c2)c(C)c1. The molecule has 5 heteroatoms. The number of carbonyl (C=O) groups is 1. The number of benzene rings is 2. The third-order valence-corrected chi connectivity index (χ3v) is 3.32. The first-order valence-corrected chi connectivity index (χ1v) is 7.47. The van der Waals surface area contributed by atoms with E-state index in [1.165, 1.54) is 23.8 Å². The predicted octanol–water partition coefficient (Wildman–Crippen LogP) is 3.95. The Morgan fingerprint density at radius 1 is 1.13 bits per heavy atom. The van der Waals surface area contributed by atoms with Gasteiger partial charge in [-0.3, -0.25) is 0 Å². The lowest BCUT2D eigenvalue weighted by Crippen LogP contribution is -2.32. The third kappa shape index (κ3) is 4.98. The van der Waals surface area contributed by atoms with Crippen molar-refractivity contribution in [1.82, 2.24) is 5.32 Å². The molecule has 2 aromatic carbocycles. The average molecular weight is 316 g/mol. The minimum absolute atomic E-state index is 0.355. The summed E-state index contributed by atoms with van der Waals surface area (Å²) >= 11 is 0. The quantitative estimate of drug-likeness (QED) is 0.821. The van der Waals surface area contributed by atoms with Gasteiger partial charge in [0.2, 0.25) is 0 Å². The summed E-state index contributed by atoms with van der Waals surface area (Å²) < 4.78 is 18.8. The Labute approximate surface area is 135 Å². The standard InChI is InChI=1S/C18H21FN2O2/c1-12-9-13(2)17(14(3)10-12)23-8-7-20-18(22)21-16-6-4-5-15(19)11-16/h4-6,9-11H,7-8H2,1-3H3,(H2,20,21,22). The Hall–Kier alpha value is -2.56. The molecule has 0 bridgehead atoms. The van der Waals surface area contributed by atoms with Gasteiger partial charge in [0.15, 0.2) is 0 Å². The Kier molecular flexibility index (Phi) is 5.57. The highest BCUT2D eigenvalue weighted by Crippen LogP contribution is 2.24. The molecule has 2 N–H and O–H groups in total. The van der Waals surface area contributed by atoms with E-state index in [4.69, 9.17) is 4.74 Å². The van der Waals surface area contributed by atoms with Gasteiger partial charge in [-0.15, -0.1) is 0 Å². The molecular formula is C18H21FN2O2. The molecule has 122 valence electrons. The minimum atomic E-state index is -0.392. The molecule has 2 aromatic rings. The first kappa shape index (κ1) is 16.8. The number of hydrogen-bond acceptors (Lipinski definition) is 2. The van der Waals surface area contributed by atoms with Crippen LogP contribution in [0.4, 0.5) is 14.9 Å². The van der Waals surface area contributed by atoms with Crippen LogP contribution in [0.15, 0.2) is 36.4 Å². The number of halogens is 1. The normalized spacial score (nSPS) is 10.3. The summed E-state index contributed by atoms with van der Waals surface area (Å²) in [5.74, 6) is 0.458. The molecule has 0 saturated heterocycles. The number of amides is 2. The Morgan fingerprint density at radius 3 is 2.48 bits per heavy atom. The molecule has 0 aromatic heterocycles. The molecule has 0 saturated carbocycles. The lowest BCUT2D eigenvalue weighted by atomic mass is 10.1. The second-order valence-electron chi connectivity index (χ2n) is 5.47. The van der Waals surface area contributed by atoms with Crippen LogP contribution in [0.3, 0.4) is 0 Å². The van der Waals surface area contributed by atoms with Crippen LogP contribution in [0, 0.1) is 26.6 Å². The van der Waals surface area contributed by atoms with E-state index in [9.17, 15) is 9.18 Å². The van der Waals surface area contributed by atoms with Crippen molar-refractivity contribution >= 4 is 11.7 Å². The van der Waals surface area contributed by atoms with Crippen molar-refractivity contribution in [2.45, 2.75) is 20.8 Å². The van der Waals surface area contributed by atoms with Crippen LogP contribution in [-0.2, 0) is 0 Å². The summed E-state index contributed by atoms with van der Waals surface area (Å²) in [4.78, 5) is 11.7. The molecule has 0 fully saturated rings. The van der Waals surface area contributed by atoms with Gasteiger partial charge in [-0.25, -0.2) is 9.18 Å². The maximum absolute atomic E-state index is 13.0. The fourth-order valence-electron chi connectivity index (χ4n) is 2.45. The highest BCUT2D eigenvalue weighted by molar-refractivity contribution is 5.89. The summed E-state index contributed by atoms with van der Waals surface area (Å²) in [6.45, 7) is 6.76. The van der Waals surface area contributed by atoms with Gasteiger partial charge >= 0.3 is 6.03 Å². The largest absolute Gasteiger partial charge is 0.491 e. The van der Waals surface area contributed by atoms with Crippen molar-refractivity contribution in [3.05, 3.63) is 58.9 Å². The molecule has 0 radical (unpaired) electrons. The summed E-state index contributed by atoms with van der Waals surface area (Å²) in [6, 6.07) is 9.48. The first-order chi connectivity index (χ1) is 11.0. The third-order valence-electron chi connectivity index (χ3n) is 3.32. The van der Waals surface area contributed by atoms with E-state index in [1.54, 1.807) is 6.07 Å². The lowest BCUT2D eigenvalue weighted by Gasteiger charge is -2.13. The number of rotatable bonds is 5. The van der Waals surface area contributed by atoms with Crippen molar-refractivity contribution in [2.75, 3.05) is 18.5 Å². The maximum atomic E-state index is 13.0. The molecule has 2 rings (SSSR count). The number of hydrogen-bond donors (Lipinski definition) is 2. The monoisotopic (exact) mass is 316 g/mol. The van der Waals surface area contributed by atoms with Crippen LogP contribution in [0.2, 0.25) is 0 Å². The van der Waals surface area contributed by atoms with Crippen molar-refractivity contribution < 1.29 is 13.9 Å². The highest BCUT2D eigenvalue weighted by Gasteiger charge is 2.06. The lowest BCUT2D eigenvalue weighted by molar-refractivity contribution is 0.247. The zero-order valence-electron chi connectivity index (χ0n) is 13.6. The molecular weight excluding hydrogens is 295 g/mol. The average Bonchev–Trinajstić information content (AvgIpc) is 2.45. The number of anilines is 1. The second-order valence-corrected chi connectivity index (χ2v) is 5.47. The topological polar surface area (TPSA) is 50.4 Å². The molecule has 4 nitrogen and oxygen atoms in total. The van der Waals surface area contributed by atoms with Crippen molar-refractivity contribution in [3.8, 4) is 5.75 Å². The molecule has 2 amide bonds. The van der Waals surface area contributed by atoms with Gasteiger partial charge in [0.05, 0.1) is 6.54 Å². The Morgan fingerprint density at radius 2 is 1.83 bits per heavy atom. The van der Waals surface area contributed by atoms with Crippen LogP contribution in [0.25, 0.3) is 0 Å². The molecule has 0 unspecified atom stereocenters. The van der Waals surface area contributed by atoms with Gasteiger partial charge in [-0.1, -0.05) is 23.8 Å². The van der Waals surface area contributed by atoms with Gasteiger partial charge in [-0.2, -0.15) is 0 Å².